The Morgan fingerprint density at radius 3 is 3.05 bits per heavy atom. The first-order chi connectivity index (χ1) is 9.47. The normalized spacial score (nSPS) is 42.5. The van der Waals surface area contributed by atoms with Gasteiger partial charge in [-0.1, -0.05) is 43.9 Å². The molecule has 0 bridgehead atoms. The first-order valence-electron chi connectivity index (χ1n) is 6.91. The van der Waals surface area contributed by atoms with E-state index in [2.05, 4.69) is 38.7 Å². The molecule has 1 N–H and O–H groups in total. The maximum Gasteiger partial charge on any atom is 0.284 e. The van der Waals surface area contributed by atoms with Crippen molar-refractivity contribution in [1.82, 2.24) is 0 Å². The molecule has 3 rings (SSSR count). The zero-order valence-electron chi connectivity index (χ0n) is 11.9. The van der Waals surface area contributed by atoms with Gasteiger partial charge in [0, 0.05) is 16.8 Å². The van der Waals surface area contributed by atoms with Crippen molar-refractivity contribution in [3.05, 3.63) is 60.2 Å². The fourth-order valence-corrected chi connectivity index (χ4v) is 4.19. The molecular formula is C16H20NO2P. The Morgan fingerprint density at radius 2 is 2.30 bits per heavy atom. The first kappa shape index (κ1) is 13.7. The van der Waals surface area contributed by atoms with Gasteiger partial charge in [0.05, 0.1) is 6.10 Å². The lowest BCUT2D eigenvalue weighted by Crippen LogP contribution is -2.33. The second-order valence-electron chi connectivity index (χ2n) is 5.79. The summed E-state index contributed by atoms with van der Waals surface area (Å²) in [6, 6.07) is 0. The third kappa shape index (κ3) is 2.06. The van der Waals surface area contributed by atoms with Gasteiger partial charge >= 0.3 is 0 Å². The number of rotatable bonds is 1. The Bertz CT molecular complexity index is 614. The minimum Gasteiger partial charge on any atom is -0.436 e. The highest BCUT2D eigenvalue weighted by Gasteiger charge is 2.45. The number of hydrogen-bond donors (Lipinski definition) is 1. The second-order valence-corrected chi connectivity index (χ2v) is 7.74. The van der Waals surface area contributed by atoms with Crippen molar-refractivity contribution in [1.29, 1.82) is 5.16 Å². The van der Waals surface area contributed by atoms with Crippen LogP contribution in [-0.4, -0.2) is 6.10 Å². The van der Waals surface area contributed by atoms with Gasteiger partial charge in [-0.05, 0) is 25.3 Å². The van der Waals surface area contributed by atoms with E-state index in [0.717, 1.165) is 17.8 Å². The monoisotopic (exact) mass is 289 g/mol. The van der Waals surface area contributed by atoms with Gasteiger partial charge in [-0.15, -0.1) is 0 Å². The van der Waals surface area contributed by atoms with Crippen molar-refractivity contribution >= 4 is 7.51 Å². The highest BCUT2D eigenvalue weighted by Crippen LogP contribution is 2.62. The van der Waals surface area contributed by atoms with E-state index in [0.29, 0.717) is 5.92 Å². The molecule has 0 saturated carbocycles. The van der Waals surface area contributed by atoms with E-state index in [1.165, 1.54) is 5.82 Å². The maximum absolute atomic E-state index is 8.43. The molecular weight excluding hydrogens is 269 g/mol. The number of fused-ring (bicyclic) bond motifs is 3. The Hall–Kier alpha value is -1.31. The Morgan fingerprint density at radius 1 is 1.50 bits per heavy atom. The summed E-state index contributed by atoms with van der Waals surface area (Å²) in [4.78, 5) is 0. The average Bonchev–Trinajstić information content (AvgIpc) is 2.50. The lowest BCUT2D eigenvalue weighted by molar-refractivity contribution is 0.173. The third-order valence-corrected chi connectivity index (χ3v) is 5.64. The van der Waals surface area contributed by atoms with Crippen LogP contribution in [0.2, 0.25) is 0 Å². The summed E-state index contributed by atoms with van der Waals surface area (Å²) in [5.41, 5.74) is 0.865. The van der Waals surface area contributed by atoms with Crippen LogP contribution in [0.3, 0.4) is 0 Å². The minimum absolute atomic E-state index is 0.179. The first-order valence-corrected chi connectivity index (χ1v) is 8.60. The fraction of sp³-hybridized carbons (Fsp3) is 0.375. The summed E-state index contributed by atoms with van der Waals surface area (Å²) in [5.74, 6) is 2.75. The largest absolute Gasteiger partial charge is 0.436 e. The molecule has 4 heteroatoms. The summed E-state index contributed by atoms with van der Waals surface area (Å²) in [7, 11) is -2.82. The quantitative estimate of drug-likeness (QED) is 0.679. The van der Waals surface area contributed by atoms with E-state index >= 15 is 0 Å². The van der Waals surface area contributed by atoms with Crippen molar-refractivity contribution in [3.63, 3.8) is 0 Å². The molecule has 3 aliphatic rings. The van der Waals surface area contributed by atoms with E-state index in [1.807, 2.05) is 18.2 Å². The lowest BCUT2D eigenvalue weighted by Gasteiger charge is -2.35. The van der Waals surface area contributed by atoms with Gasteiger partial charge in [0.25, 0.3) is 7.51 Å². The van der Waals surface area contributed by atoms with Gasteiger partial charge in [-0.2, -0.15) is 0 Å². The topological polar surface area (TPSA) is 42.3 Å². The van der Waals surface area contributed by atoms with Gasteiger partial charge in [-0.25, -0.2) is 0 Å². The Balaban J connectivity index is 2.16. The molecule has 1 fully saturated rings. The standard InChI is InChI=1S/C16H20NO2P/c1-4-20(17)18-14-11-12(2)8-9-13(14)16(3)10-6-5-7-15(16)19-20/h4-7,9-12,15,17H,1,8H2,2-3H3. The molecule has 0 radical (unpaired) electrons. The molecule has 0 aromatic rings. The second kappa shape index (κ2) is 4.61. The van der Waals surface area contributed by atoms with Crippen LogP contribution in [0.1, 0.15) is 20.3 Å². The van der Waals surface area contributed by atoms with Gasteiger partial charge in [0.2, 0.25) is 0 Å². The molecule has 0 aromatic heterocycles. The highest BCUT2D eigenvalue weighted by atomic mass is 31.2. The number of hydrogen-bond acceptors (Lipinski definition) is 3. The van der Waals surface area contributed by atoms with Crippen molar-refractivity contribution in [3.8, 4) is 0 Å². The van der Waals surface area contributed by atoms with Gasteiger partial charge in [-0.3, -0.25) is 5.16 Å². The Labute approximate surface area is 120 Å². The summed E-state index contributed by atoms with van der Waals surface area (Å²) in [5, 5.41) is 8.43. The molecule has 2 aliphatic carbocycles. The highest BCUT2D eigenvalue weighted by molar-refractivity contribution is 7.58. The lowest BCUT2D eigenvalue weighted by atomic mass is 9.72. The van der Waals surface area contributed by atoms with Gasteiger partial charge in [0.15, 0.2) is 0 Å². The van der Waals surface area contributed by atoms with E-state index in [1.54, 1.807) is 0 Å². The molecule has 0 spiro atoms. The Kier molecular flexibility index (Phi) is 3.15. The van der Waals surface area contributed by atoms with Gasteiger partial charge < -0.3 is 9.05 Å². The van der Waals surface area contributed by atoms with Crippen LogP contribution in [0, 0.1) is 16.5 Å². The predicted octanol–water partition coefficient (Wildman–Crippen LogP) is 5.14. The molecule has 4 unspecified atom stereocenters. The predicted molar refractivity (Wildman–Crippen MR) is 82.1 cm³/mol. The van der Waals surface area contributed by atoms with Crippen molar-refractivity contribution in [2.75, 3.05) is 0 Å². The van der Waals surface area contributed by atoms with Crippen LogP contribution in [0.5, 0.6) is 0 Å². The smallest absolute Gasteiger partial charge is 0.284 e. The molecule has 0 amide bonds. The molecule has 0 aromatic carbocycles. The minimum atomic E-state index is -2.82. The SMILES string of the molecule is C=CP1(=N)OC2=CC(C)CC=C2C2(C)C=CC=CC2O1. The zero-order chi connectivity index (χ0) is 14.4. The average molecular weight is 289 g/mol. The molecule has 4 atom stereocenters. The molecule has 106 valence electrons. The fourth-order valence-electron chi connectivity index (χ4n) is 2.91. The summed E-state index contributed by atoms with van der Waals surface area (Å²) in [6.45, 7) is 8.04. The van der Waals surface area contributed by atoms with Crippen molar-refractivity contribution in [2.45, 2.75) is 26.4 Å². The maximum atomic E-state index is 8.43. The van der Waals surface area contributed by atoms with Crippen molar-refractivity contribution in [2.24, 2.45) is 11.3 Å². The van der Waals surface area contributed by atoms with Crippen LogP contribution < -0.4 is 0 Å². The van der Waals surface area contributed by atoms with Crippen molar-refractivity contribution < 1.29 is 9.05 Å². The molecule has 1 saturated heterocycles. The summed E-state index contributed by atoms with van der Waals surface area (Å²) in [6.07, 6.45) is 13.3. The van der Waals surface area contributed by atoms with E-state index in [4.69, 9.17) is 14.2 Å². The summed E-state index contributed by atoms with van der Waals surface area (Å²) >= 11 is 0. The van der Waals surface area contributed by atoms with E-state index in [9.17, 15) is 0 Å². The summed E-state index contributed by atoms with van der Waals surface area (Å²) < 4.78 is 11.9. The molecule has 1 heterocycles. The third-order valence-electron chi connectivity index (χ3n) is 4.15. The molecule has 1 aliphatic heterocycles. The van der Waals surface area contributed by atoms with E-state index < -0.39 is 7.51 Å². The van der Waals surface area contributed by atoms with Crippen LogP contribution >= 0.6 is 7.51 Å². The van der Waals surface area contributed by atoms with Crippen LogP contribution in [0.4, 0.5) is 0 Å². The van der Waals surface area contributed by atoms with Crippen LogP contribution in [-0.2, 0) is 9.05 Å². The van der Waals surface area contributed by atoms with Gasteiger partial charge in [0.1, 0.15) is 5.76 Å². The number of nitrogens with one attached hydrogen (secondary N) is 1. The van der Waals surface area contributed by atoms with E-state index in [-0.39, 0.29) is 11.5 Å². The van der Waals surface area contributed by atoms with Crippen LogP contribution in [0.15, 0.2) is 60.2 Å². The van der Waals surface area contributed by atoms with Crippen LogP contribution in [0.25, 0.3) is 0 Å². The molecule has 3 nitrogen and oxygen atoms in total. The number of allylic oxidation sites excluding steroid dienone is 5. The molecule has 20 heavy (non-hydrogen) atoms. The zero-order valence-corrected chi connectivity index (χ0v) is 12.8.